The lowest BCUT2D eigenvalue weighted by atomic mass is 10.4. The van der Waals surface area contributed by atoms with Crippen LogP contribution in [0.4, 0.5) is 0 Å². The standard InChI is InChI=1S/C13H20N2O3S/c1-2-3-12-14-10-11(19-12)13(16)18-9-6-15-4-7-17-8-5-15/h10H,2-9H2,1H3. The van der Waals surface area contributed by atoms with Crippen molar-refractivity contribution in [2.45, 2.75) is 19.8 Å². The number of hydrogen-bond donors (Lipinski definition) is 0. The van der Waals surface area contributed by atoms with Crippen LogP contribution in [0.5, 0.6) is 0 Å². The van der Waals surface area contributed by atoms with E-state index in [1.807, 2.05) is 0 Å². The second kappa shape index (κ2) is 7.57. The lowest BCUT2D eigenvalue weighted by Gasteiger charge is -2.26. The molecule has 1 aromatic rings. The van der Waals surface area contributed by atoms with Crippen LogP contribution in [-0.2, 0) is 15.9 Å². The molecule has 1 fully saturated rings. The Bertz CT molecular complexity index is 402. The smallest absolute Gasteiger partial charge is 0.350 e. The van der Waals surface area contributed by atoms with E-state index in [0.717, 1.165) is 50.7 Å². The number of carbonyl (C=O) groups is 1. The maximum atomic E-state index is 11.8. The highest BCUT2D eigenvalue weighted by atomic mass is 32.1. The highest BCUT2D eigenvalue weighted by molar-refractivity contribution is 7.13. The van der Waals surface area contributed by atoms with Crippen molar-refractivity contribution >= 4 is 17.3 Å². The first-order valence-corrected chi connectivity index (χ1v) is 7.53. The van der Waals surface area contributed by atoms with Gasteiger partial charge >= 0.3 is 5.97 Å². The largest absolute Gasteiger partial charge is 0.460 e. The molecule has 0 bridgehead atoms. The number of aryl methyl sites for hydroxylation is 1. The first-order valence-electron chi connectivity index (χ1n) is 6.71. The molecular formula is C13H20N2O3S. The summed E-state index contributed by atoms with van der Waals surface area (Å²) < 4.78 is 10.5. The predicted octanol–water partition coefficient (Wildman–Crippen LogP) is 1.58. The van der Waals surface area contributed by atoms with Crippen LogP contribution in [0.2, 0.25) is 0 Å². The minimum atomic E-state index is -0.256. The number of ether oxygens (including phenoxy) is 2. The SMILES string of the molecule is CCCc1ncc(C(=O)OCCN2CCOCC2)s1. The summed E-state index contributed by atoms with van der Waals surface area (Å²) in [5.41, 5.74) is 0. The molecule has 0 unspecified atom stereocenters. The third kappa shape index (κ3) is 4.56. The molecule has 0 spiro atoms. The molecule has 0 saturated carbocycles. The second-order valence-electron chi connectivity index (χ2n) is 4.46. The number of hydrogen-bond acceptors (Lipinski definition) is 6. The summed E-state index contributed by atoms with van der Waals surface area (Å²) in [6, 6.07) is 0. The van der Waals surface area contributed by atoms with Gasteiger partial charge in [-0.05, 0) is 12.8 Å². The topological polar surface area (TPSA) is 51.7 Å². The van der Waals surface area contributed by atoms with E-state index < -0.39 is 0 Å². The number of aromatic nitrogens is 1. The van der Waals surface area contributed by atoms with Crippen LogP contribution in [0.3, 0.4) is 0 Å². The Balaban J connectivity index is 1.70. The first-order chi connectivity index (χ1) is 9.29. The Morgan fingerprint density at radius 3 is 3.05 bits per heavy atom. The van der Waals surface area contributed by atoms with Gasteiger partial charge in [-0.3, -0.25) is 4.90 Å². The van der Waals surface area contributed by atoms with Gasteiger partial charge in [-0.1, -0.05) is 6.92 Å². The Kier molecular flexibility index (Phi) is 5.75. The van der Waals surface area contributed by atoms with E-state index in [1.54, 1.807) is 6.20 Å². The Morgan fingerprint density at radius 1 is 1.53 bits per heavy atom. The van der Waals surface area contributed by atoms with Gasteiger partial charge < -0.3 is 9.47 Å². The van der Waals surface area contributed by atoms with Gasteiger partial charge in [-0.25, -0.2) is 9.78 Å². The molecule has 0 radical (unpaired) electrons. The Labute approximate surface area is 117 Å². The van der Waals surface area contributed by atoms with Crippen molar-refractivity contribution < 1.29 is 14.3 Å². The molecule has 0 atom stereocenters. The molecule has 6 heteroatoms. The molecule has 0 N–H and O–H groups in total. The van der Waals surface area contributed by atoms with E-state index >= 15 is 0 Å². The summed E-state index contributed by atoms with van der Waals surface area (Å²) in [5.74, 6) is -0.256. The van der Waals surface area contributed by atoms with E-state index in [2.05, 4.69) is 16.8 Å². The number of esters is 1. The second-order valence-corrected chi connectivity index (χ2v) is 5.57. The third-order valence-electron chi connectivity index (χ3n) is 2.96. The van der Waals surface area contributed by atoms with Crippen LogP contribution in [0.25, 0.3) is 0 Å². The van der Waals surface area contributed by atoms with E-state index in [0.29, 0.717) is 11.5 Å². The zero-order valence-electron chi connectivity index (χ0n) is 11.3. The summed E-state index contributed by atoms with van der Waals surface area (Å²) in [6.45, 7) is 6.67. The summed E-state index contributed by atoms with van der Waals surface area (Å²) >= 11 is 1.43. The highest BCUT2D eigenvalue weighted by Gasteiger charge is 2.14. The molecule has 1 saturated heterocycles. The fraction of sp³-hybridized carbons (Fsp3) is 0.692. The van der Waals surface area contributed by atoms with Crippen molar-refractivity contribution in [2.24, 2.45) is 0 Å². The van der Waals surface area contributed by atoms with Crippen molar-refractivity contribution in [1.82, 2.24) is 9.88 Å². The van der Waals surface area contributed by atoms with Crippen LogP contribution < -0.4 is 0 Å². The fourth-order valence-corrected chi connectivity index (χ4v) is 2.81. The molecule has 2 heterocycles. The summed E-state index contributed by atoms with van der Waals surface area (Å²) in [6.07, 6.45) is 3.58. The predicted molar refractivity (Wildman–Crippen MR) is 73.7 cm³/mol. The lowest BCUT2D eigenvalue weighted by molar-refractivity contribution is 0.0197. The highest BCUT2D eigenvalue weighted by Crippen LogP contribution is 2.15. The maximum absolute atomic E-state index is 11.8. The Morgan fingerprint density at radius 2 is 2.32 bits per heavy atom. The number of rotatable bonds is 6. The quantitative estimate of drug-likeness (QED) is 0.742. The molecule has 0 aromatic carbocycles. The molecule has 0 amide bonds. The zero-order chi connectivity index (χ0) is 13.5. The van der Waals surface area contributed by atoms with Crippen LogP contribution in [0, 0.1) is 0 Å². The number of morpholine rings is 1. The molecule has 106 valence electrons. The van der Waals surface area contributed by atoms with Crippen molar-refractivity contribution in [3.8, 4) is 0 Å². The van der Waals surface area contributed by atoms with Crippen molar-refractivity contribution in [2.75, 3.05) is 39.5 Å². The fourth-order valence-electron chi connectivity index (χ4n) is 1.90. The molecule has 19 heavy (non-hydrogen) atoms. The molecule has 5 nitrogen and oxygen atoms in total. The third-order valence-corrected chi connectivity index (χ3v) is 4.00. The van der Waals surface area contributed by atoms with Gasteiger partial charge in [0, 0.05) is 19.6 Å². The molecule has 2 rings (SSSR count). The lowest BCUT2D eigenvalue weighted by Crippen LogP contribution is -2.38. The van der Waals surface area contributed by atoms with Gasteiger partial charge in [0.25, 0.3) is 0 Å². The van der Waals surface area contributed by atoms with Crippen LogP contribution >= 0.6 is 11.3 Å². The molecule has 0 aliphatic carbocycles. The Hall–Kier alpha value is -0.980. The molecular weight excluding hydrogens is 264 g/mol. The molecule has 1 aliphatic heterocycles. The van der Waals surface area contributed by atoms with E-state index in [4.69, 9.17) is 9.47 Å². The average Bonchev–Trinajstić information content (AvgIpc) is 2.89. The first kappa shape index (κ1) is 14.4. The number of thiazole rings is 1. The van der Waals surface area contributed by atoms with Crippen LogP contribution in [-0.4, -0.2) is 55.3 Å². The summed E-state index contributed by atoms with van der Waals surface area (Å²) in [4.78, 5) is 18.9. The van der Waals surface area contributed by atoms with Gasteiger partial charge in [0.15, 0.2) is 0 Å². The normalized spacial score (nSPS) is 16.5. The average molecular weight is 284 g/mol. The number of carbonyl (C=O) groups excluding carboxylic acids is 1. The van der Waals surface area contributed by atoms with Crippen LogP contribution in [0.15, 0.2) is 6.20 Å². The van der Waals surface area contributed by atoms with Crippen molar-refractivity contribution in [3.05, 3.63) is 16.1 Å². The van der Waals surface area contributed by atoms with E-state index in [1.165, 1.54) is 11.3 Å². The minimum absolute atomic E-state index is 0.256. The monoisotopic (exact) mass is 284 g/mol. The van der Waals surface area contributed by atoms with Gasteiger partial charge in [0.1, 0.15) is 11.5 Å². The number of nitrogens with zero attached hydrogens (tertiary/aromatic N) is 2. The van der Waals surface area contributed by atoms with Crippen LogP contribution in [0.1, 0.15) is 28.0 Å². The van der Waals surface area contributed by atoms with Gasteiger partial charge in [0.05, 0.1) is 24.4 Å². The van der Waals surface area contributed by atoms with Crippen molar-refractivity contribution in [3.63, 3.8) is 0 Å². The summed E-state index contributed by atoms with van der Waals surface area (Å²) in [7, 11) is 0. The van der Waals surface area contributed by atoms with E-state index in [-0.39, 0.29) is 5.97 Å². The summed E-state index contributed by atoms with van der Waals surface area (Å²) in [5, 5.41) is 1.00. The van der Waals surface area contributed by atoms with Gasteiger partial charge in [0.2, 0.25) is 0 Å². The van der Waals surface area contributed by atoms with Gasteiger partial charge in [-0.15, -0.1) is 11.3 Å². The van der Waals surface area contributed by atoms with Crippen molar-refractivity contribution in [1.29, 1.82) is 0 Å². The molecule has 1 aromatic heterocycles. The minimum Gasteiger partial charge on any atom is -0.460 e. The molecule has 1 aliphatic rings. The van der Waals surface area contributed by atoms with E-state index in [9.17, 15) is 4.79 Å². The van der Waals surface area contributed by atoms with Gasteiger partial charge in [-0.2, -0.15) is 0 Å². The zero-order valence-corrected chi connectivity index (χ0v) is 12.1. The maximum Gasteiger partial charge on any atom is 0.350 e.